The van der Waals surface area contributed by atoms with E-state index < -0.39 is 0 Å². The molecule has 0 aliphatic carbocycles. The molecule has 0 radical (unpaired) electrons. The number of benzene rings is 1. The van der Waals surface area contributed by atoms with E-state index in [4.69, 9.17) is 11.6 Å². The molecule has 20 heavy (non-hydrogen) atoms. The van der Waals surface area contributed by atoms with Crippen molar-refractivity contribution < 1.29 is 0 Å². The average Bonchev–Trinajstić information content (AvgIpc) is 2.62. The largest absolute Gasteiger partial charge is 0.364 e. The van der Waals surface area contributed by atoms with Gasteiger partial charge in [0.05, 0.1) is 24.6 Å². The average molecular weight is 289 g/mol. The fourth-order valence-corrected chi connectivity index (χ4v) is 2.61. The second kappa shape index (κ2) is 5.77. The van der Waals surface area contributed by atoms with Gasteiger partial charge in [0.1, 0.15) is 5.15 Å². The predicted octanol–water partition coefficient (Wildman–Crippen LogP) is 2.63. The van der Waals surface area contributed by atoms with Crippen molar-refractivity contribution in [2.45, 2.75) is 26.1 Å². The summed E-state index contributed by atoms with van der Waals surface area (Å²) in [5.74, 6) is 0. The van der Waals surface area contributed by atoms with Gasteiger partial charge in [-0.3, -0.25) is 4.98 Å². The Morgan fingerprint density at radius 2 is 2.15 bits per heavy atom. The van der Waals surface area contributed by atoms with E-state index in [0.29, 0.717) is 11.2 Å². The zero-order valence-corrected chi connectivity index (χ0v) is 12.1. The Kier molecular flexibility index (Phi) is 3.85. The molecule has 1 aliphatic heterocycles. The number of nitrogens with one attached hydrogen (secondary N) is 1. The molecule has 0 saturated heterocycles. The predicted molar refractivity (Wildman–Crippen MR) is 80.8 cm³/mol. The number of anilines is 1. The van der Waals surface area contributed by atoms with Crippen molar-refractivity contribution in [3.05, 3.63) is 53.1 Å². The number of aromatic nitrogens is 2. The maximum atomic E-state index is 5.79. The maximum Gasteiger partial charge on any atom is 0.147 e. The standard InChI is InChI=1S/C15H17ClN4/c1-11-9-20(10-13-7-19-15(16)8-18-13)14-5-3-2-4-12(14)6-17-11/h2-5,7-8,11,17H,6,9-10H2,1H3. The van der Waals surface area contributed by atoms with Crippen LogP contribution in [0.3, 0.4) is 0 Å². The zero-order chi connectivity index (χ0) is 13.9. The first-order valence-electron chi connectivity index (χ1n) is 6.75. The molecule has 1 aromatic carbocycles. The van der Waals surface area contributed by atoms with Crippen LogP contribution in [0.5, 0.6) is 0 Å². The first-order chi connectivity index (χ1) is 9.72. The summed E-state index contributed by atoms with van der Waals surface area (Å²) in [6.45, 7) is 4.79. The Labute approximate surface area is 123 Å². The Morgan fingerprint density at radius 1 is 1.30 bits per heavy atom. The minimum Gasteiger partial charge on any atom is -0.364 e. The molecule has 1 atom stereocenters. The summed E-state index contributed by atoms with van der Waals surface area (Å²) < 4.78 is 0. The van der Waals surface area contributed by atoms with Crippen LogP contribution in [0, 0.1) is 0 Å². The van der Waals surface area contributed by atoms with Crippen LogP contribution in [0.2, 0.25) is 5.15 Å². The van der Waals surface area contributed by atoms with E-state index in [1.165, 1.54) is 11.3 Å². The minimum absolute atomic E-state index is 0.431. The van der Waals surface area contributed by atoms with Crippen LogP contribution in [-0.4, -0.2) is 22.6 Å². The molecule has 1 aromatic heterocycles. The van der Waals surface area contributed by atoms with Crippen LogP contribution in [0.1, 0.15) is 18.2 Å². The van der Waals surface area contributed by atoms with Gasteiger partial charge in [-0.25, -0.2) is 4.98 Å². The number of rotatable bonds is 2. The number of hydrogen-bond donors (Lipinski definition) is 1. The third-order valence-corrected chi connectivity index (χ3v) is 3.69. The Hall–Kier alpha value is -1.65. The molecule has 5 heteroatoms. The summed E-state index contributed by atoms with van der Waals surface area (Å²) in [6.07, 6.45) is 3.34. The van der Waals surface area contributed by atoms with E-state index in [2.05, 4.69) is 51.4 Å². The minimum atomic E-state index is 0.431. The van der Waals surface area contributed by atoms with Crippen LogP contribution in [0.25, 0.3) is 0 Å². The molecule has 0 bridgehead atoms. The SMILES string of the molecule is CC1CN(Cc2cnc(Cl)cn2)c2ccccc2CN1. The normalized spacial score (nSPS) is 18.5. The zero-order valence-electron chi connectivity index (χ0n) is 11.4. The summed E-state index contributed by atoms with van der Waals surface area (Å²) in [6, 6.07) is 8.92. The lowest BCUT2D eigenvalue weighted by Crippen LogP contribution is -2.35. The summed E-state index contributed by atoms with van der Waals surface area (Å²) in [4.78, 5) is 10.8. The third kappa shape index (κ3) is 2.92. The van der Waals surface area contributed by atoms with Crippen molar-refractivity contribution in [2.24, 2.45) is 0 Å². The van der Waals surface area contributed by atoms with E-state index in [-0.39, 0.29) is 0 Å². The summed E-state index contributed by atoms with van der Waals surface area (Å²) in [5.41, 5.74) is 3.51. The number of nitrogens with zero attached hydrogens (tertiary/aromatic N) is 3. The van der Waals surface area contributed by atoms with Crippen LogP contribution >= 0.6 is 11.6 Å². The second-order valence-corrected chi connectivity index (χ2v) is 5.51. The summed E-state index contributed by atoms with van der Waals surface area (Å²) >= 11 is 5.79. The van der Waals surface area contributed by atoms with Gasteiger partial charge in [0.25, 0.3) is 0 Å². The first-order valence-corrected chi connectivity index (χ1v) is 7.13. The Morgan fingerprint density at radius 3 is 2.95 bits per heavy atom. The van der Waals surface area contributed by atoms with Crippen molar-refractivity contribution >= 4 is 17.3 Å². The highest BCUT2D eigenvalue weighted by atomic mass is 35.5. The molecule has 2 heterocycles. The van der Waals surface area contributed by atoms with Crippen molar-refractivity contribution in [2.75, 3.05) is 11.4 Å². The lowest BCUT2D eigenvalue weighted by Gasteiger charge is -2.26. The molecule has 0 amide bonds. The lowest BCUT2D eigenvalue weighted by atomic mass is 10.1. The number of para-hydroxylation sites is 1. The van der Waals surface area contributed by atoms with Gasteiger partial charge in [-0.15, -0.1) is 0 Å². The topological polar surface area (TPSA) is 41.1 Å². The van der Waals surface area contributed by atoms with Crippen LogP contribution in [-0.2, 0) is 13.1 Å². The molecule has 104 valence electrons. The highest BCUT2D eigenvalue weighted by Crippen LogP contribution is 2.24. The maximum absolute atomic E-state index is 5.79. The van der Waals surface area contributed by atoms with E-state index >= 15 is 0 Å². The van der Waals surface area contributed by atoms with Gasteiger partial charge in [-0.1, -0.05) is 29.8 Å². The first kappa shape index (κ1) is 13.3. The second-order valence-electron chi connectivity index (χ2n) is 5.12. The quantitative estimate of drug-likeness (QED) is 0.922. The van der Waals surface area contributed by atoms with Gasteiger partial charge in [0, 0.05) is 24.8 Å². The van der Waals surface area contributed by atoms with E-state index in [9.17, 15) is 0 Å². The fourth-order valence-electron chi connectivity index (χ4n) is 2.51. The molecule has 1 unspecified atom stereocenters. The molecule has 4 nitrogen and oxygen atoms in total. The Balaban J connectivity index is 1.88. The molecule has 0 saturated carbocycles. The van der Waals surface area contributed by atoms with Crippen molar-refractivity contribution in [1.29, 1.82) is 0 Å². The molecule has 2 aromatic rings. The van der Waals surface area contributed by atoms with E-state index in [0.717, 1.165) is 25.3 Å². The molecular formula is C15H17ClN4. The Bertz CT molecular complexity index is 585. The van der Waals surface area contributed by atoms with Crippen LogP contribution in [0.4, 0.5) is 5.69 Å². The lowest BCUT2D eigenvalue weighted by molar-refractivity contribution is 0.551. The van der Waals surface area contributed by atoms with Crippen LogP contribution in [0.15, 0.2) is 36.7 Å². The number of halogens is 1. The van der Waals surface area contributed by atoms with Gasteiger partial charge in [0.15, 0.2) is 0 Å². The van der Waals surface area contributed by atoms with Crippen LogP contribution < -0.4 is 10.2 Å². The number of fused-ring (bicyclic) bond motifs is 1. The monoisotopic (exact) mass is 288 g/mol. The molecule has 0 spiro atoms. The molecule has 1 aliphatic rings. The molecular weight excluding hydrogens is 272 g/mol. The third-order valence-electron chi connectivity index (χ3n) is 3.49. The van der Waals surface area contributed by atoms with E-state index in [1.54, 1.807) is 12.4 Å². The van der Waals surface area contributed by atoms with Gasteiger partial charge in [-0.2, -0.15) is 0 Å². The van der Waals surface area contributed by atoms with Gasteiger partial charge in [-0.05, 0) is 18.6 Å². The molecule has 1 N–H and O–H groups in total. The van der Waals surface area contributed by atoms with E-state index in [1.807, 2.05) is 0 Å². The highest BCUT2D eigenvalue weighted by molar-refractivity contribution is 6.29. The smallest absolute Gasteiger partial charge is 0.147 e. The van der Waals surface area contributed by atoms with Crippen molar-refractivity contribution in [3.8, 4) is 0 Å². The molecule has 3 rings (SSSR count). The highest BCUT2D eigenvalue weighted by Gasteiger charge is 2.19. The molecule has 0 fully saturated rings. The number of hydrogen-bond acceptors (Lipinski definition) is 4. The van der Waals surface area contributed by atoms with Gasteiger partial charge >= 0.3 is 0 Å². The van der Waals surface area contributed by atoms with Crippen molar-refractivity contribution in [1.82, 2.24) is 15.3 Å². The van der Waals surface area contributed by atoms with Crippen molar-refractivity contribution in [3.63, 3.8) is 0 Å². The van der Waals surface area contributed by atoms with Gasteiger partial charge < -0.3 is 10.2 Å². The van der Waals surface area contributed by atoms with Gasteiger partial charge in [0.2, 0.25) is 0 Å². The summed E-state index contributed by atoms with van der Waals surface area (Å²) in [7, 11) is 0. The summed E-state index contributed by atoms with van der Waals surface area (Å²) in [5, 5.41) is 3.96. The fraction of sp³-hybridized carbons (Fsp3) is 0.333.